The van der Waals surface area contributed by atoms with E-state index >= 15 is 0 Å². The Hall–Kier alpha value is -4.12. The second-order valence-electron chi connectivity index (χ2n) is 11.4. The van der Waals surface area contributed by atoms with Gasteiger partial charge in [0, 0.05) is 30.0 Å². The molecule has 1 aliphatic rings. The number of carbonyl (C=O) groups excluding carboxylic acids is 1. The maximum atomic E-state index is 12.9. The van der Waals surface area contributed by atoms with Gasteiger partial charge < -0.3 is 9.64 Å². The van der Waals surface area contributed by atoms with Crippen molar-refractivity contribution in [2.75, 3.05) is 17.2 Å². The summed E-state index contributed by atoms with van der Waals surface area (Å²) in [5, 5.41) is 5.27. The van der Waals surface area contributed by atoms with Crippen LogP contribution in [0.25, 0.3) is 17.1 Å². The van der Waals surface area contributed by atoms with E-state index in [1.54, 1.807) is 11.8 Å². The van der Waals surface area contributed by atoms with Crippen molar-refractivity contribution < 1.29 is 22.7 Å². The van der Waals surface area contributed by atoms with Gasteiger partial charge in [0.25, 0.3) is 0 Å². The van der Waals surface area contributed by atoms with Gasteiger partial charge >= 0.3 is 6.36 Å². The number of anilines is 1. The van der Waals surface area contributed by atoms with Gasteiger partial charge in [0.1, 0.15) is 12.1 Å². The Bertz CT molecular complexity index is 1640. The van der Waals surface area contributed by atoms with E-state index in [4.69, 9.17) is 0 Å². The molecular weight excluding hydrogens is 599 g/mol. The number of benzene rings is 3. The molecule has 0 spiro atoms. The van der Waals surface area contributed by atoms with Crippen molar-refractivity contribution >= 4 is 28.5 Å². The zero-order chi connectivity index (χ0) is 32.1. The first-order chi connectivity index (χ1) is 21.5. The molecule has 0 saturated carbocycles. The van der Waals surface area contributed by atoms with Crippen molar-refractivity contribution in [3.8, 4) is 22.8 Å². The SMILES string of the molecule is Cc1cc(C)c(N2CCCSC2=NC(=O)CCCC(C)c2ccc(-c3ncn(-c4ccc(OC(F)(F)F)cc4)n3)cc2)c(C)c1. The summed E-state index contributed by atoms with van der Waals surface area (Å²) in [7, 11) is 0. The molecule has 0 bridgehead atoms. The van der Waals surface area contributed by atoms with Crippen molar-refractivity contribution in [1.29, 1.82) is 0 Å². The second-order valence-corrected chi connectivity index (χ2v) is 12.4. The van der Waals surface area contributed by atoms with E-state index in [1.807, 2.05) is 24.3 Å². The average molecular weight is 636 g/mol. The molecular formula is C34H36F3N5O2S. The Morgan fingerprint density at radius 3 is 2.40 bits per heavy atom. The lowest BCUT2D eigenvalue weighted by atomic mass is 9.94. The third-order valence-electron chi connectivity index (χ3n) is 7.71. The van der Waals surface area contributed by atoms with Crippen LogP contribution in [0.2, 0.25) is 0 Å². The first kappa shape index (κ1) is 32.3. The number of aromatic nitrogens is 3. The van der Waals surface area contributed by atoms with Crippen LogP contribution in [0.15, 0.2) is 72.0 Å². The molecule has 1 saturated heterocycles. The fourth-order valence-electron chi connectivity index (χ4n) is 5.63. The number of nitrogens with zero attached hydrogens (tertiary/aromatic N) is 5. The van der Waals surface area contributed by atoms with Crippen molar-refractivity contribution in [2.24, 2.45) is 4.99 Å². The number of rotatable bonds is 9. The number of thioether (sulfide) groups is 1. The molecule has 1 aliphatic heterocycles. The molecule has 2 heterocycles. The fraction of sp³-hybridized carbons (Fsp3) is 0.353. The molecule has 236 valence electrons. The molecule has 4 aromatic rings. The summed E-state index contributed by atoms with van der Waals surface area (Å²) in [6, 6.07) is 17.8. The molecule has 5 rings (SSSR count). The number of carbonyl (C=O) groups is 1. The highest BCUT2D eigenvalue weighted by atomic mass is 32.2. The van der Waals surface area contributed by atoms with Gasteiger partial charge in [-0.25, -0.2) is 9.67 Å². The van der Waals surface area contributed by atoms with Gasteiger partial charge in [-0.3, -0.25) is 4.79 Å². The van der Waals surface area contributed by atoms with E-state index in [1.165, 1.54) is 52.0 Å². The Labute approximate surface area is 265 Å². The number of aryl methyl sites for hydroxylation is 3. The highest BCUT2D eigenvalue weighted by Crippen LogP contribution is 2.32. The minimum atomic E-state index is -4.74. The average Bonchev–Trinajstić information content (AvgIpc) is 3.48. The number of amidine groups is 1. The van der Waals surface area contributed by atoms with Crippen LogP contribution in [0.4, 0.5) is 18.9 Å². The van der Waals surface area contributed by atoms with Crippen LogP contribution in [0.3, 0.4) is 0 Å². The molecule has 45 heavy (non-hydrogen) atoms. The lowest BCUT2D eigenvalue weighted by Gasteiger charge is -2.32. The molecule has 0 N–H and O–H groups in total. The molecule has 3 aromatic carbocycles. The lowest BCUT2D eigenvalue weighted by molar-refractivity contribution is -0.274. The summed E-state index contributed by atoms with van der Waals surface area (Å²) in [5.41, 5.74) is 7.32. The van der Waals surface area contributed by atoms with E-state index in [0.29, 0.717) is 17.9 Å². The number of aliphatic imine (C=N–C) groups is 1. The molecule has 1 atom stereocenters. The number of hydrogen-bond acceptors (Lipinski definition) is 5. The van der Waals surface area contributed by atoms with Crippen LogP contribution in [0, 0.1) is 20.8 Å². The standard InChI is InChI=1S/C34H36F3N5O2S/c1-22-19-24(3)31(25(4)20-22)41-17-6-18-45-33(41)39-30(43)8-5-7-23(2)26-9-11-27(12-10-26)32-38-21-42(40-32)28-13-15-29(16-14-28)44-34(35,36)37/h9-16,19-21,23H,5-8,17-18H2,1-4H3. The van der Waals surface area contributed by atoms with Gasteiger partial charge in [-0.1, -0.05) is 60.6 Å². The third-order valence-corrected chi connectivity index (χ3v) is 8.77. The monoisotopic (exact) mass is 635 g/mol. The Balaban J connectivity index is 1.15. The van der Waals surface area contributed by atoms with Gasteiger partial charge in [-0.2, -0.15) is 4.99 Å². The van der Waals surface area contributed by atoms with Crippen LogP contribution in [-0.4, -0.2) is 44.5 Å². The topological polar surface area (TPSA) is 72.6 Å². The van der Waals surface area contributed by atoms with Gasteiger partial charge in [-0.05, 0) is 86.9 Å². The molecule has 1 fully saturated rings. The van der Waals surface area contributed by atoms with Gasteiger partial charge in [0.2, 0.25) is 5.91 Å². The van der Waals surface area contributed by atoms with Crippen LogP contribution < -0.4 is 9.64 Å². The van der Waals surface area contributed by atoms with E-state index in [9.17, 15) is 18.0 Å². The van der Waals surface area contributed by atoms with Crippen LogP contribution in [0.1, 0.15) is 60.8 Å². The van der Waals surface area contributed by atoms with E-state index < -0.39 is 6.36 Å². The molecule has 1 unspecified atom stereocenters. The number of ether oxygens (including phenoxy) is 1. The minimum absolute atomic E-state index is 0.0847. The summed E-state index contributed by atoms with van der Waals surface area (Å²) < 4.78 is 42.7. The van der Waals surface area contributed by atoms with Gasteiger partial charge in [-0.15, -0.1) is 18.3 Å². The number of amides is 1. The first-order valence-electron chi connectivity index (χ1n) is 14.9. The van der Waals surface area contributed by atoms with Crippen molar-refractivity contribution in [3.63, 3.8) is 0 Å². The summed E-state index contributed by atoms with van der Waals surface area (Å²) in [4.78, 5) is 24.0. The molecule has 1 amide bonds. The number of alkyl halides is 3. The normalized spacial score (nSPS) is 15.4. The maximum Gasteiger partial charge on any atom is 0.573 e. The predicted molar refractivity (Wildman–Crippen MR) is 173 cm³/mol. The molecule has 0 aliphatic carbocycles. The number of halogens is 3. The molecule has 7 nitrogen and oxygen atoms in total. The summed E-state index contributed by atoms with van der Waals surface area (Å²) in [6.07, 6.45) is -0.183. The Morgan fingerprint density at radius 2 is 1.73 bits per heavy atom. The zero-order valence-corrected chi connectivity index (χ0v) is 26.6. The largest absolute Gasteiger partial charge is 0.573 e. The summed E-state index contributed by atoms with van der Waals surface area (Å²) in [5.74, 6) is 1.33. The fourth-order valence-corrected chi connectivity index (χ4v) is 6.59. The van der Waals surface area contributed by atoms with E-state index in [-0.39, 0.29) is 17.6 Å². The zero-order valence-electron chi connectivity index (χ0n) is 25.8. The van der Waals surface area contributed by atoms with Crippen molar-refractivity contribution in [2.45, 2.75) is 65.7 Å². The molecule has 0 radical (unpaired) electrons. The summed E-state index contributed by atoms with van der Waals surface area (Å²) in [6.45, 7) is 9.35. The van der Waals surface area contributed by atoms with Gasteiger partial charge in [0.15, 0.2) is 11.0 Å². The lowest BCUT2D eigenvalue weighted by Crippen LogP contribution is -2.35. The minimum Gasteiger partial charge on any atom is -0.406 e. The van der Waals surface area contributed by atoms with Gasteiger partial charge in [0.05, 0.1) is 5.69 Å². The predicted octanol–water partition coefficient (Wildman–Crippen LogP) is 8.56. The number of hydrogen-bond donors (Lipinski definition) is 0. The Morgan fingerprint density at radius 1 is 1.04 bits per heavy atom. The van der Waals surface area contributed by atoms with E-state index in [0.717, 1.165) is 53.5 Å². The highest BCUT2D eigenvalue weighted by molar-refractivity contribution is 8.14. The smallest absolute Gasteiger partial charge is 0.406 e. The quantitative estimate of drug-likeness (QED) is 0.184. The highest BCUT2D eigenvalue weighted by Gasteiger charge is 2.31. The Kier molecular flexibility index (Phi) is 9.96. The van der Waals surface area contributed by atoms with Crippen molar-refractivity contribution in [1.82, 2.24) is 14.8 Å². The first-order valence-corrected chi connectivity index (χ1v) is 15.9. The van der Waals surface area contributed by atoms with Crippen LogP contribution in [0.5, 0.6) is 5.75 Å². The molecule has 1 aromatic heterocycles. The van der Waals surface area contributed by atoms with Crippen LogP contribution in [-0.2, 0) is 4.79 Å². The summed E-state index contributed by atoms with van der Waals surface area (Å²) >= 11 is 1.66. The van der Waals surface area contributed by atoms with E-state index in [2.05, 4.69) is 64.5 Å². The third kappa shape index (κ3) is 8.33. The second kappa shape index (κ2) is 13.9. The molecule has 11 heteroatoms. The van der Waals surface area contributed by atoms with Crippen molar-refractivity contribution in [3.05, 3.63) is 89.2 Å². The van der Waals surface area contributed by atoms with Crippen LogP contribution >= 0.6 is 11.8 Å². The maximum absolute atomic E-state index is 12.9.